The molecule has 4 rings (SSSR count). The first-order valence-electron chi connectivity index (χ1n) is 9.47. The summed E-state index contributed by atoms with van der Waals surface area (Å²) in [6.07, 6.45) is 14.4. The minimum absolute atomic E-state index is 0.481. The SMILES string of the molecule is CN1C2CCCC1CC(N1CCNC3(CCCCC3)C1)C2. The van der Waals surface area contributed by atoms with Crippen molar-refractivity contribution >= 4 is 0 Å². The molecule has 2 bridgehead atoms. The fourth-order valence-electron chi connectivity index (χ4n) is 5.75. The third-order valence-electron chi connectivity index (χ3n) is 7.05. The Morgan fingerprint density at radius 1 is 0.905 bits per heavy atom. The number of piperazine rings is 1. The average Bonchev–Trinajstić information content (AvgIpc) is 2.48. The van der Waals surface area contributed by atoms with E-state index in [9.17, 15) is 0 Å². The Bertz CT molecular complexity index is 344. The first-order chi connectivity index (χ1) is 10.3. The predicted octanol–water partition coefficient (Wildman–Crippen LogP) is 2.61. The number of hydrogen-bond donors (Lipinski definition) is 1. The average molecular weight is 291 g/mol. The second-order valence-electron chi connectivity index (χ2n) is 8.27. The minimum Gasteiger partial charge on any atom is -0.309 e. The van der Waals surface area contributed by atoms with E-state index < -0.39 is 0 Å². The lowest BCUT2D eigenvalue weighted by atomic mass is 9.77. The molecule has 1 spiro atoms. The number of piperidine rings is 2. The molecule has 3 heterocycles. The molecule has 3 saturated heterocycles. The fraction of sp³-hybridized carbons (Fsp3) is 1.00. The molecule has 0 aromatic carbocycles. The molecule has 4 aliphatic rings. The van der Waals surface area contributed by atoms with Crippen LogP contribution in [0.4, 0.5) is 0 Å². The van der Waals surface area contributed by atoms with Crippen molar-refractivity contribution in [1.29, 1.82) is 0 Å². The van der Waals surface area contributed by atoms with Gasteiger partial charge in [0.25, 0.3) is 0 Å². The highest BCUT2D eigenvalue weighted by molar-refractivity contribution is 5.01. The Labute approximate surface area is 130 Å². The van der Waals surface area contributed by atoms with Crippen molar-refractivity contribution in [3.63, 3.8) is 0 Å². The summed E-state index contributed by atoms with van der Waals surface area (Å²) < 4.78 is 0. The highest BCUT2D eigenvalue weighted by Crippen LogP contribution is 2.37. The van der Waals surface area contributed by atoms with Gasteiger partial charge in [0.15, 0.2) is 0 Å². The maximum Gasteiger partial charge on any atom is 0.0309 e. The van der Waals surface area contributed by atoms with Crippen molar-refractivity contribution in [2.75, 3.05) is 26.7 Å². The Morgan fingerprint density at radius 2 is 1.62 bits per heavy atom. The van der Waals surface area contributed by atoms with E-state index >= 15 is 0 Å². The van der Waals surface area contributed by atoms with Gasteiger partial charge in [-0.1, -0.05) is 25.7 Å². The zero-order chi connectivity index (χ0) is 14.3. The van der Waals surface area contributed by atoms with Crippen LogP contribution >= 0.6 is 0 Å². The van der Waals surface area contributed by atoms with E-state index in [1.54, 1.807) is 0 Å². The van der Waals surface area contributed by atoms with Crippen molar-refractivity contribution in [1.82, 2.24) is 15.1 Å². The smallest absolute Gasteiger partial charge is 0.0309 e. The van der Waals surface area contributed by atoms with Crippen molar-refractivity contribution in [2.45, 2.75) is 87.9 Å². The Kier molecular flexibility index (Phi) is 4.01. The summed E-state index contributed by atoms with van der Waals surface area (Å²) in [6.45, 7) is 3.85. The summed E-state index contributed by atoms with van der Waals surface area (Å²) in [5.74, 6) is 0. The van der Waals surface area contributed by atoms with Crippen molar-refractivity contribution < 1.29 is 0 Å². The summed E-state index contributed by atoms with van der Waals surface area (Å²) in [4.78, 5) is 5.60. The molecule has 1 aliphatic carbocycles. The normalized spacial score (nSPS) is 41.3. The van der Waals surface area contributed by atoms with Crippen LogP contribution in [0.5, 0.6) is 0 Å². The molecule has 120 valence electrons. The molecule has 1 N–H and O–H groups in total. The van der Waals surface area contributed by atoms with Crippen LogP contribution in [0.25, 0.3) is 0 Å². The highest BCUT2D eigenvalue weighted by Gasteiger charge is 2.42. The van der Waals surface area contributed by atoms with Crippen LogP contribution in [0.15, 0.2) is 0 Å². The molecule has 0 amide bonds. The lowest BCUT2D eigenvalue weighted by Crippen LogP contribution is -2.65. The number of nitrogens with one attached hydrogen (secondary N) is 1. The van der Waals surface area contributed by atoms with Gasteiger partial charge in [-0.2, -0.15) is 0 Å². The molecule has 3 heteroatoms. The maximum absolute atomic E-state index is 3.91. The zero-order valence-corrected chi connectivity index (χ0v) is 13.8. The molecule has 4 fully saturated rings. The Balaban J connectivity index is 1.44. The summed E-state index contributed by atoms with van der Waals surface area (Å²) in [7, 11) is 2.38. The van der Waals surface area contributed by atoms with Gasteiger partial charge < -0.3 is 10.2 Å². The molecule has 21 heavy (non-hydrogen) atoms. The summed E-state index contributed by atoms with van der Waals surface area (Å²) in [5, 5.41) is 3.91. The second kappa shape index (κ2) is 5.82. The first-order valence-corrected chi connectivity index (χ1v) is 9.47. The van der Waals surface area contributed by atoms with E-state index in [4.69, 9.17) is 0 Å². The van der Waals surface area contributed by atoms with E-state index in [0.717, 1.165) is 18.1 Å². The van der Waals surface area contributed by atoms with Crippen LogP contribution in [0.2, 0.25) is 0 Å². The highest BCUT2D eigenvalue weighted by atomic mass is 15.3. The monoisotopic (exact) mass is 291 g/mol. The first kappa shape index (κ1) is 14.5. The summed E-state index contributed by atoms with van der Waals surface area (Å²) >= 11 is 0. The van der Waals surface area contributed by atoms with E-state index in [2.05, 4.69) is 22.2 Å². The van der Waals surface area contributed by atoms with Crippen molar-refractivity contribution in [3.8, 4) is 0 Å². The van der Waals surface area contributed by atoms with E-state index in [1.165, 1.54) is 83.8 Å². The number of nitrogens with zero attached hydrogens (tertiary/aromatic N) is 2. The van der Waals surface area contributed by atoms with Crippen molar-refractivity contribution in [3.05, 3.63) is 0 Å². The van der Waals surface area contributed by atoms with Crippen molar-refractivity contribution in [2.24, 2.45) is 0 Å². The van der Waals surface area contributed by atoms with Gasteiger partial charge in [-0.25, -0.2) is 0 Å². The van der Waals surface area contributed by atoms with Crippen LogP contribution in [0, 0.1) is 0 Å². The lowest BCUT2D eigenvalue weighted by molar-refractivity contribution is -0.0151. The van der Waals surface area contributed by atoms with Gasteiger partial charge in [0.1, 0.15) is 0 Å². The zero-order valence-electron chi connectivity index (χ0n) is 13.8. The van der Waals surface area contributed by atoms with Gasteiger partial charge >= 0.3 is 0 Å². The Hall–Kier alpha value is -0.120. The van der Waals surface area contributed by atoms with Crippen LogP contribution in [-0.2, 0) is 0 Å². The Morgan fingerprint density at radius 3 is 2.33 bits per heavy atom. The lowest BCUT2D eigenvalue weighted by Gasteiger charge is -2.53. The number of hydrogen-bond acceptors (Lipinski definition) is 3. The molecule has 2 unspecified atom stereocenters. The van der Waals surface area contributed by atoms with Crippen LogP contribution < -0.4 is 5.32 Å². The topological polar surface area (TPSA) is 18.5 Å². The fourth-order valence-corrected chi connectivity index (χ4v) is 5.75. The summed E-state index contributed by atoms with van der Waals surface area (Å²) in [5.41, 5.74) is 0.481. The second-order valence-corrected chi connectivity index (χ2v) is 8.27. The van der Waals surface area contributed by atoms with Crippen LogP contribution in [-0.4, -0.2) is 60.1 Å². The predicted molar refractivity (Wildman–Crippen MR) is 87.6 cm³/mol. The molecule has 0 radical (unpaired) electrons. The third kappa shape index (κ3) is 2.77. The summed E-state index contributed by atoms with van der Waals surface area (Å²) in [6, 6.07) is 2.62. The van der Waals surface area contributed by atoms with Gasteiger partial charge in [0, 0.05) is 43.3 Å². The minimum atomic E-state index is 0.481. The molecule has 3 aliphatic heterocycles. The van der Waals surface area contributed by atoms with E-state index in [1.807, 2.05) is 0 Å². The van der Waals surface area contributed by atoms with Gasteiger partial charge in [-0.05, 0) is 45.6 Å². The molecule has 2 atom stereocenters. The standard InChI is InChI=1S/C18H33N3/c1-20-15-6-5-7-16(20)13-17(12-15)21-11-10-19-18(14-21)8-3-2-4-9-18/h15-17,19H,2-14H2,1H3. The maximum atomic E-state index is 3.91. The molecule has 0 aromatic rings. The van der Waals surface area contributed by atoms with Gasteiger partial charge in [0.05, 0.1) is 0 Å². The molecule has 3 nitrogen and oxygen atoms in total. The van der Waals surface area contributed by atoms with Gasteiger partial charge in [-0.3, -0.25) is 4.90 Å². The van der Waals surface area contributed by atoms with Crippen LogP contribution in [0.1, 0.15) is 64.2 Å². The third-order valence-corrected chi connectivity index (χ3v) is 7.05. The largest absolute Gasteiger partial charge is 0.309 e. The number of rotatable bonds is 1. The van der Waals surface area contributed by atoms with Gasteiger partial charge in [0.2, 0.25) is 0 Å². The van der Waals surface area contributed by atoms with Gasteiger partial charge in [-0.15, -0.1) is 0 Å². The quantitative estimate of drug-likeness (QED) is 0.801. The molecule has 1 saturated carbocycles. The molecular formula is C18H33N3. The number of fused-ring (bicyclic) bond motifs is 2. The molecule has 0 aromatic heterocycles. The molecular weight excluding hydrogens is 258 g/mol. The van der Waals surface area contributed by atoms with Crippen LogP contribution in [0.3, 0.4) is 0 Å². The van der Waals surface area contributed by atoms with E-state index in [0.29, 0.717) is 5.54 Å². The van der Waals surface area contributed by atoms with E-state index in [-0.39, 0.29) is 0 Å².